The van der Waals surface area contributed by atoms with Gasteiger partial charge in [0.05, 0.1) is 41.8 Å². The van der Waals surface area contributed by atoms with E-state index in [9.17, 15) is 56.4 Å². The molecular weight excluding hydrogens is 628 g/mol. The summed E-state index contributed by atoms with van der Waals surface area (Å²) in [6.07, 6.45) is 0. The molecule has 0 aliphatic rings. The highest BCUT2D eigenvalue weighted by Gasteiger charge is 2.32. The van der Waals surface area contributed by atoms with E-state index < -0.39 is 81.0 Å². The normalized spacial score (nSPS) is 12.0. The van der Waals surface area contributed by atoms with Crippen molar-refractivity contribution in [3.05, 3.63) is 118 Å². The van der Waals surface area contributed by atoms with Crippen molar-refractivity contribution in [3.8, 4) is 0 Å². The molecular formula is C31H24O12S2. The molecule has 0 aliphatic carbocycles. The monoisotopic (exact) mass is 652 g/mol. The summed E-state index contributed by atoms with van der Waals surface area (Å²) in [5.74, 6) is -6.64. The zero-order chi connectivity index (χ0) is 33.5. The van der Waals surface area contributed by atoms with Gasteiger partial charge in [-0.3, -0.25) is 0 Å². The van der Waals surface area contributed by atoms with Gasteiger partial charge in [0.2, 0.25) is 19.7 Å². The van der Waals surface area contributed by atoms with Crippen LogP contribution in [0.4, 0.5) is 0 Å². The van der Waals surface area contributed by atoms with Gasteiger partial charge in [0.1, 0.15) is 0 Å². The second kappa shape index (κ2) is 11.6. The lowest BCUT2D eigenvalue weighted by atomic mass is 9.78. The van der Waals surface area contributed by atoms with Crippen molar-refractivity contribution < 1.29 is 56.4 Å². The SMILES string of the molecule is CC(C)(c1ccc(S(=O)(=O)c2cccc(C(=O)O)c2C(=O)O)cc1)c1ccc(S(=O)(=O)c2cccc(C(=O)O)c2C(=O)O)cc1. The highest BCUT2D eigenvalue weighted by atomic mass is 32.2. The van der Waals surface area contributed by atoms with E-state index in [2.05, 4.69) is 0 Å². The lowest BCUT2D eigenvalue weighted by Gasteiger charge is -2.26. The Hall–Kier alpha value is -5.34. The molecule has 4 N–H and O–H groups in total. The van der Waals surface area contributed by atoms with Crippen molar-refractivity contribution in [2.24, 2.45) is 0 Å². The summed E-state index contributed by atoms with van der Waals surface area (Å²) >= 11 is 0. The summed E-state index contributed by atoms with van der Waals surface area (Å²) in [6, 6.07) is 17.2. The molecule has 0 aromatic heterocycles. The van der Waals surface area contributed by atoms with Crippen molar-refractivity contribution in [2.45, 2.75) is 38.8 Å². The Labute approximate surface area is 256 Å². The van der Waals surface area contributed by atoms with Gasteiger partial charge in [-0.2, -0.15) is 0 Å². The second-order valence-electron chi connectivity index (χ2n) is 10.3. The van der Waals surface area contributed by atoms with E-state index in [1.807, 2.05) is 0 Å². The van der Waals surface area contributed by atoms with Crippen molar-refractivity contribution in [3.63, 3.8) is 0 Å². The zero-order valence-electron chi connectivity index (χ0n) is 23.5. The largest absolute Gasteiger partial charge is 0.478 e. The number of rotatable bonds is 10. The van der Waals surface area contributed by atoms with Gasteiger partial charge < -0.3 is 20.4 Å². The number of hydrogen-bond acceptors (Lipinski definition) is 8. The van der Waals surface area contributed by atoms with Crippen LogP contribution in [0, 0.1) is 0 Å². The van der Waals surface area contributed by atoms with Gasteiger partial charge in [0, 0.05) is 5.41 Å². The predicted molar refractivity (Wildman–Crippen MR) is 157 cm³/mol. The first kappa shape index (κ1) is 32.6. The zero-order valence-corrected chi connectivity index (χ0v) is 25.1. The fourth-order valence-corrected chi connectivity index (χ4v) is 7.77. The highest BCUT2D eigenvalue weighted by molar-refractivity contribution is 7.92. The Balaban J connectivity index is 1.70. The molecule has 45 heavy (non-hydrogen) atoms. The first-order chi connectivity index (χ1) is 20.9. The van der Waals surface area contributed by atoms with Crippen LogP contribution in [0.25, 0.3) is 0 Å². The van der Waals surface area contributed by atoms with Crippen LogP contribution in [-0.4, -0.2) is 61.1 Å². The van der Waals surface area contributed by atoms with Crippen LogP contribution in [0.15, 0.2) is 105 Å². The van der Waals surface area contributed by atoms with Gasteiger partial charge in [0.25, 0.3) is 0 Å². The maximum Gasteiger partial charge on any atom is 0.337 e. The van der Waals surface area contributed by atoms with Crippen molar-refractivity contribution in [1.29, 1.82) is 0 Å². The minimum Gasteiger partial charge on any atom is -0.478 e. The van der Waals surface area contributed by atoms with Crippen LogP contribution >= 0.6 is 0 Å². The molecule has 0 fully saturated rings. The fourth-order valence-electron chi connectivity index (χ4n) is 4.83. The Bertz CT molecular complexity index is 1940. The Morgan fingerprint density at radius 3 is 1.07 bits per heavy atom. The maximum absolute atomic E-state index is 13.4. The number of benzene rings is 4. The molecule has 14 heteroatoms. The number of carbonyl (C=O) groups is 4. The molecule has 4 aromatic rings. The molecule has 4 aromatic carbocycles. The van der Waals surface area contributed by atoms with Crippen LogP contribution in [0.5, 0.6) is 0 Å². The molecule has 0 saturated heterocycles. The first-order valence-electron chi connectivity index (χ1n) is 12.8. The molecule has 0 aliphatic heterocycles. The van der Waals surface area contributed by atoms with Gasteiger partial charge in [-0.1, -0.05) is 50.2 Å². The number of sulfone groups is 2. The average Bonchev–Trinajstić information content (AvgIpc) is 3.00. The maximum atomic E-state index is 13.4. The summed E-state index contributed by atoms with van der Waals surface area (Å²) in [5.41, 5.74) is -2.77. The Morgan fingerprint density at radius 2 is 0.800 bits per heavy atom. The Morgan fingerprint density at radius 1 is 0.489 bits per heavy atom. The van der Waals surface area contributed by atoms with Crippen molar-refractivity contribution >= 4 is 43.6 Å². The standard InChI is InChI=1S/C31H24O12S2/c1-31(2,17-9-13-19(14-10-17)44(40,41)23-7-3-5-21(27(32)33)25(23)29(36)37)18-11-15-20(16-12-18)45(42,43)24-8-4-6-22(28(34)35)26(24)30(38)39/h3-16H,1-2H3,(H,32,33)(H,34,35)(H,36,37)(H,38,39). The molecule has 0 bridgehead atoms. The third-order valence-electron chi connectivity index (χ3n) is 7.29. The molecule has 0 atom stereocenters. The number of carboxylic acids is 4. The first-order valence-corrected chi connectivity index (χ1v) is 15.8. The molecule has 0 spiro atoms. The number of carboxylic acid groups (broad SMARTS) is 4. The molecule has 4 rings (SSSR count). The number of hydrogen-bond donors (Lipinski definition) is 4. The van der Waals surface area contributed by atoms with E-state index in [1.54, 1.807) is 13.8 Å². The van der Waals surface area contributed by atoms with Crippen LogP contribution in [-0.2, 0) is 25.1 Å². The molecule has 0 unspecified atom stereocenters. The molecule has 0 amide bonds. The van der Waals surface area contributed by atoms with Gasteiger partial charge in [-0.15, -0.1) is 0 Å². The molecule has 0 heterocycles. The molecule has 232 valence electrons. The smallest absolute Gasteiger partial charge is 0.337 e. The third-order valence-corrected chi connectivity index (χ3v) is 10.9. The van der Waals surface area contributed by atoms with Crippen LogP contribution in [0.3, 0.4) is 0 Å². The lowest BCUT2D eigenvalue weighted by molar-refractivity contribution is 0.0648. The van der Waals surface area contributed by atoms with E-state index in [0.717, 1.165) is 36.4 Å². The highest BCUT2D eigenvalue weighted by Crippen LogP contribution is 2.35. The molecule has 0 radical (unpaired) electrons. The summed E-state index contributed by atoms with van der Waals surface area (Å²) in [7, 11) is -8.91. The van der Waals surface area contributed by atoms with Gasteiger partial charge in [0.15, 0.2) is 0 Å². The van der Waals surface area contributed by atoms with Gasteiger partial charge >= 0.3 is 23.9 Å². The fraction of sp³-hybridized carbons (Fsp3) is 0.0968. The average molecular weight is 653 g/mol. The van der Waals surface area contributed by atoms with E-state index >= 15 is 0 Å². The Kier molecular flexibility index (Phi) is 8.42. The van der Waals surface area contributed by atoms with Crippen molar-refractivity contribution in [2.75, 3.05) is 0 Å². The summed E-state index contributed by atoms with van der Waals surface area (Å²) in [5, 5.41) is 37.9. The summed E-state index contributed by atoms with van der Waals surface area (Å²) in [6.45, 7) is 3.55. The minimum atomic E-state index is -4.45. The van der Waals surface area contributed by atoms with Gasteiger partial charge in [-0.05, 0) is 59.7 Å². The third kappa shape index (κ3) is 5.80. The summed E-state index contributed by atoms with van der Waals surface area (Å²) < 4.78 is 53.4. The predicted octanol–water partition coefficient (Wildman–Crippen LogP) is 4.47. The van der Waals surface area contributed by atoms with E-state index in [4.69, 9.17) is 0 Å². The van der Waals surface area contributed by atoms with Crippen LogP contribution < -0.4 is 0 Å². The topological polar surface area (TPSA) is 217 Å². The summed E-state index contributed by atoms with van der Waals surface area (Å²) in [4.78, 5) is 44.7. The molecule has 0 saturated carbocycles. The van der Waals surface area contributed by atoms with E-state index in [1.165, 1.54) is 48.5 Å². The van der Waals surface area contributed by atoms with Gasteiger partial charge in [-0.25, -0.2) is 36.0 Å². The van der Waals surface area contributed by atoms with Crippen LogP contribution in [0.2, 0.25) is 0 Å². The second-order valence-corrected chi connectivity index (χ2v) is 14.1. The minimum absolute atomic E-state index is 0.286. The molecule has 12 nitrogen and oxygen atoms in total. The number of aromatic carboxylic acids is 4. The van der Waals surface area contributed by atoms with E-state index in [0.29, 0.717) is 11.1 Å². The quantitative estimate of drug-likeness (QED) is 0.187. The lowest BCUT2D eigenvalue weighted by Crippen LogP contribution is -2.20. The van der Waals surface area contributed by atoms with E-state index in [-0.39, 0.29) is 9.79 Å². The van der Waals surface area contributed by atoms with Crippen LogP contribution in [0.1, 0.15) is 66.4 Å². The van der Waals surface area contributed by atoms with Crippen molar-refractivity contribution in [1.82, 2.24) is 0 Å².